The smallest absolute Gasteiger partial charge is 0.341 e. The van der Waals surface area contributed by atoms with Crippen molar-refractivity contribution in [2.45, 2.75) is 19.0 Å². The number of piperidine rings is 1. The number of para-hydroxylation sites is 1. The highest BCUT2D eigenvalue weighted by Crippen LogP contribution is 2.35. The zero-order valence-electron chi connectivity index (χ0n) is 17.7. The molecular weight excluding hydrogens is 437 g/mol. The SMILES string of the molecule is Cn1c(N2CCCC(C(=O)Nc3ccccc3C(F)(F)F)C2)nc(-c2ccncn2)cc1=O. The van der Waals surface area contributed by atoms with Gasteiger partial charge in [0.15, 0.2) is 0 Å². The van der Waals surface area contributed by atoms with Gasteiger partial charge in [-0.05, 0) is 31.0 Å². The number of hydrogen-bond donors (Lipinski definition) is 1. The van der Waals surface area contributed by atoms with E-state index in [4.69, 9.17) is 0 Å². The van der Waals surface area contributed by atoms with Crippen LogP contribution in [0.25, 0.3) is 11.4 Å². The number of carbonyl (C=O) groups is 1. The van der Waals surface area contributed by atoms with Crippen LogP contribution in [0.15, 0.2) is 53.7 Å². The lowest BCUT2D eigenvalue weighted by atomic mass is 9.97. The molecule has 1 saturated heterocycles. The van der Waals surface area contributed by atoms with Crippen molar-refractivity contribution in [2.24, 2.45) is 13.0 Å². The first-order valence-electron chi connectivity index (χ1n) is 10.3. The molecule has 1 aliphatic rings. The molecule has 2 aromatic heterocycles. The van der Waals surface area contributed by atoms with Gasteiger partial charge in [-0.25, -0.2) is 15.0 Å². The van der Waals surface area contributed by atoms with E-state index in [9.17, 15) is 22.8 Å². The van der Waals surface area contributed by atoms with Gasteiger partial charge in [-0.2, -0.15) is 13.2 Å². The zero-order chi connectivity index (χ0) is 23.6. The second-order valence-corrected chi connectivity index (χ2v) is 7.75. The van der Waals surface area contributed by atoms with Gasteiger partial charge in [-0.1, -0.05) is 12.1 Å². The lowest BCUT2D eigenvalue weighted by Crippen LogP contribution is -2.43. The van der Waals surface area contributed by atoms with E-state index < -0.39 is 23.6 Å². The maximum absolute atomic E-state index is 13.3. The maximum Gasteiger partial charge on any atom is 0.418 e. The minimum atomic E-state index is -4.58. The third-order valence-electron chi connectivity index (χ3n) is 5.52. The third-order valence-corrected chi connectivity index (χ3v) is 5.52. The first-order valence-corrected chi connectivity index (χ1v) is 10.3. The van der Waals surface area contributed by atoms with Crippen LogP contribution in [-0.4, -0.2) is 38.5 Å². The fourth-order valence-electron chi connectivity index (χ4n) is 3.83. The van der Waals surface area contributed by atoms with Crippen molar-refractivity contribution in [1.82, 2.24) is 19.5 Å². The Balaban J connectivity index is 1.57. The molecule has 8 nitrogen and oxygen atoms in total. The molecule has 0 spiro atoms. The molecule has 1 unspecified atom stereocenters. The predicted molar refractivity (Wildman–Crippen MR) is 116 cm³/mol. The molecule has 0 radical (unpaired) electrons. The van der Waals surface area contributed by atoms with Gasteiger partial charge in [0.25, 0.3) is 5.56 Å². The third kappa shape index (κ3) is 4.86. The Morgan fingerprint density at radius 1 is 1.18 bits per heavy atom. The van der Waals surface area contributed by atoms with Gasteiger partial charge in [0.2, 0.25) is 11.9 Å². The van der Waals surface area contributed by atoms with Gasteiger partial charge >= 0.3 is 6.18 Å². The molecule has 1 fully saturated rings. The Morgan fingerprint density at radius 2 is 1.97 bits per heavy atom. The summed E-state index contributed by atoms with van der Waals surface area (Å²) >= 11 is 0. The van der Waals surface area contributed by atoms with E-state index >= 15 is 0 Å². The van der Waals surface area contributed by atoms with Crippen LogP contribution >= 0.6 is 0 Å². The van der Waals surface area contributed by atoms with Crippen LogP contribution in [0.4, 0.5) is 24.8 Å². The molecule has 1 N–H and O–H groups in total. The average Bonchev–Trinajstić information content (AvgIpc) is 2.81. The Bertz CT molecular complexity index is 1210. The zero-order valence-corrected chi connectivity index (χ0v) is 17.7. The number of benzene rings is 1. The molecule has 11 heteroatoms. The van der Waals surface area contributed by atoms with Crippen molar-refractivity contribution in [3.8, 4) is 11.4 Å². The van der Waals surface area contributed by atoms with Crippen molar-refractivity contribution >= 4 is 17.5 Å². The molecule has 172 valence electrons. The summed E-state index contributed by atoms with van der Waals surface area (Å²) in [6.45, 7) is 0.768. The van der Waals surface area contributed by atoms with Gasteiger partial charge in [0.05, 0.1) is 28.6 Å². The van der Waals surface area contributed by atoms with Crippen LogP contribution in [0.1, 0.15) is 18.4 Å². The normalized spacial score (nSPS) is 16.5. The van der Waals surface area contributed by atoms with Crippen molar-refractivity contribution in [3.05, 3.63) is 64.8 Å². The Labute approximate surface area is 187 Å². The molecule has 1 aliphatic heterocycles. The summed E-state index contributed by atoms with van der Waals surface area (Å²) in [6, 6.07) is 7.89. The Hall–Kier alpha value is -3.76. The standard InChI is InChI=1S/C22H21F3N6O2/c1-30-19(32)11-18(17-8-9-26-13-27-17)29-21(30)31-10-4-5-14(12-31)20(33)28-16-7-3-2-6-15(16)22(23,24)25/h2-3,6-9,11,13-14H,4-5,10,12H2,1H3,(H,28,33). The van der Waals surface area contributed by atoms with E-state index in [0.29, 0.717) is 36.7 Å². The van der Waals surface area contributed by atoms with Crippen LogP contribution in [-0.2, 0) is 18.0 Å². The van der Waals surface area contributed by atoms with E-state index in [0.717, 1.165) is 6.07 Å². The van der Waals surface area contributed by atoms with Gasteiger partial charge in [-0.3, -0.25) is 14.2 Å². The first kappa shape index (κ1) is 22.4. The molecule has 1 aromatic carbocycles. The van der Waals surface area contributed by atoms with E-state index in [1.54, 1.807) is 24.2 Å². The Morgan fingerprint density at radius 3 is 2.70 bits per heavy atom. The summed E-state index contributed by atoms with van der Waals surface area (Å²) in [6.07, 6.45) is -0.551. The Kier molecular flexibility index (Phi) is 6.12. The highest BCUT2D eigenvalue weighted by molar-refractivity contribution is 5.93. The van der Waals surface area contributed by atoms with Crippen LogP contribution in [0.3, 0.4) is 0 Å². The number of anilines is 2. The summed E-state index contributed by atoms with van der Waals surface area (Å²) in [5.41, 5.74) is -0.601. The quantitative estimate of drug-likeness (QED) is 0.646. The van der Waals surface area contributed by atoms with Crippen molar-refractivity contribution in [2.75, 3.05) is 23.3 Å². The lowest BCUT2D eigenvalue weighted by molar-refractivity contribution is -0.137. The fourth-order valence-corrected chi connectivity index (χ4v) is 3.83. The van der Waals surface area contributed by atoms with Crippen molar-refractivity contribution < 1.29 is 18.0 Å². The van der Waals surface area contributed by atoms with E-state index in [1.165, 1.54) is 35.2 Å². The van der Waals surface area contributed by atoms with Gasteiger partial charge < -0.3 is 10.2 Å². The largest absolute Gasteiger partial charge is 0.418 e. The molecule has 0 aliphatic carbocycles. The van der Waals surface area contributed by atoms with Crippen LogP contribution < -0.4 is 15.8 Å². The second-order valence-electron chi connectivity index (χ2n) is 7.75. The van der Waals surface area contributed by atoms with Crippen LogP contribution in [0.5, 0.6) is 0 Å². The molecule has 1 amide bonds. The van der Waals surface area contributed by atoms with Gasteiger partial charge in [0, 0.05) is 32.4 Å². The monoisotopic (exact) mass is 458 g/mol. The lowest BCUT2D eigenvalue weighted by Gasteiger charge is -2.33. The number of carbonyl (C=O) groups excluding carboxylic acids is 1. The second kappa shape index (κ2) is 9.00. The predicted octanol–water partition coefficient (Wildman–Crippen LogP) is 3.11. The number of nitrogens with zero attached hydrogens (tertiary/aromatic N) is 5. The molecular formula is C22H21F3N6O2. The molecule has 0 saturated carbocycles. The number of amides is 1. The molecule has 4 rings (SSSR count). The summed E-state index contributed by atoms with van der Waals surface area (Å²) in [7, 11) is 1.58. The van der Waals surface area contributed by atoms with Crippen LogP contribution in [0, 0.1) is 5.92 Å². The number of alkyl halides is 3. The highest BCUT2D eigenvalue weighted by atomic mass is 19.4. The molecule has 3 heterocycles. The van der Waals surface area contributed by atoms with Crippen LogP contribution in [0.2, 0.25) is 0 Å². The molecule has 0 bridgehead atoms. The summed E-state index contributed by atoms with van der Waals surface area (Å²) < 4.78 is 41.2. The topological polar surface area (TPSA) is 93.0 Å². The minimum absolute atomic E-state index is 0.216. The first-order chi connectivity index (χ1) is 15.7. The van der Waals surface area contributed by atoms with E-state index in [-0.39, 0.29) is 17.8 Å². The number of halogens is 3. The van der Waals surface area contributed by atoms with E-state index in [2.05, 4.69) is 20.3 Å². The number of rotatable bonds is 4. The van der Waals surface area contributed by atoms with E-state index in [1.807, 2.05) is 0 Å². The summed E-state index contributed by atoms with van der Waals surface area (Å²) in [5.74, 6) is -0.711. The van der Waals surface area contributed by atoms with Gasteiger partial charge in [-0.15, -0.1) is 0 Å². The van der Waals surface area contributed by atoms with Crippen molar-refractivity contribution in [1.29, 1.82) is 0 Å². The number of nitrogens with one attached hydrogen (secondary N) is 1. The van der Waals surface area contributed by atoms with Gasteiger partial charge in [0.1, 0.15) is 6.33 Å². The highest BCUT2D eigenvalue weighted by Gasteiger charge is 2.35. The minimum Gasteiger partial charge on any atom is -0.341 e. The fraction of sp³-hybridized carbons (Fsp3) is 0.318. The molecule has 1 atom stereocenters. The summed E-state index contributed by atoms with van der Waals surface area (Å²) in [4.78, 5) is 39.7. The number of aromatic nitrogens is 4. The molecule has 3 aromatic rings. The number of hydrogen-bond acceptors (Lipinski definition) is 6. The van der Waals surface area contributed by atoms with Crippen molar-refractivity contribution in [3.63, 3.8) is 0 Å². The maximum atomic E-state index is 13.3. The average molecular weight is 458 g/mol. The molecule has 33 heavy (non-hydrogen) atoms. The summed E-state index contributed by atoms with van der Waals surface area (Å²) in [5, 5.41) is 2.43.